The van der Waals surface area contributed by atoms with Crippen molar-refractivity contribution in [2.45, 2.75) is 6.92 Å². The Labute approximate surface area is 71.1 Å². The highest BCUT2D eigenvalue weighted by Crippen LogP contribution is 1.83. The molecule has 0 aliphatic carbocycles. The molecule has 0 amide bonds. The van der Waals surface area contributed by atoms with Gasteiger partial charge in [-0.15, -0.1) is 0 Å². The van der Waals surface area contributed by atoms with E-state index in [0.29, 0.717) is 19.0 Å². The minimum atomic E-state index is 0.00340. The molecule has 4 nitrogen and oxygen atoms in total. The van der Waals surface area contributed by atoms with Gasteiger partial charge < -0.3 is 10.5 Å². The van der Waals surface area contributed by atoms with Crippen LogP contribution in [0, 0.1) is 0 Å². The first-order valence-electron chi connectivity index (χ1n) is 3.16. The molecule has 0 heterocycles. The fourth-order valence-corrected chi connectivity index (χ4v) is 0.611. The third-order valence-corrected chi connectivity index (χ3v) is 0.989. The number of amidine groups is 2. The highest BCUT2D eigenvalue weighted by atomic mass is 35.5. The highest BCUT2D eigenvalue weighted by molar-refractivity contribution is 6.65. The molecule has 0 radical (unpaired) electrons. The van der Waals surface area contributed by atoms with E-state index in [9.17, 15) is 0 Å². The summed E-state index contributed by atoms with van der Waals surface area (Å²) in [5.74, 6) is 0.564. The Morgan fingerprint density at radius 1 is 1.64 bits per heavy atom. The minimum Gasteiger partial charge on any atom is -0.383 e. The van der Waals surface area contributed by atoms with Gasteiger partial charge in [-0.2, -0.15) is 0 Å². The third kappa shape index (κ3) is 7.29. The molecule has 2 N–H and O–H groups in total. The van der Waals surface area contributed by atoms with Gasteiger partial charge in [0, 0.05) is 7.11 Å². The van der Waals surface area contributed by atoms with E-state index in [1.807, 2.05) is 0 Å². The van der Waals surface area contributed by atoms with Crippen molar-refractivity contribution in [2.24, 2.45) is 15.7 Å². The van der Waals surface area contributed by atoms with Crippen molar-refractivity contribution in [2.75, 3.05) is 20.3 Å². The fraction of sp³-hybridized carbons (Fsp3) is 0.667. The number of rotatable bonds is 3. The average Bonchev–Trinajstić information content (AvgIpc) is 1.86. The molecule has 0 rings (SSSR count). The van der Waals surface area contributed by atoms with Crippen LogP contribution in [0.5, 0.6) is 0 Å². The van der Waals surface area contributed by atoms with Gasteiger partial charge in [0.15, 0.2) is 5.29 Å². The first kappa shape index (κ1) is 10.4. The Morgan fingerprint density at radius 2 is 2.27 bits per heavy atom. The largest absolute Gasteiger partial charge is 0.383 e. The summed E-state index contributed by atoms with van der Waals surface area (Å²) in [6, 6.07) is 0. The van der Waals surface area contributed by atoms with Gasteiger partial charge in [-0.25, -0.2) is 4.99 Å². The topological polar surface area (TPSA) is 60.0 Å². The van der Waals surface area contributed by atoms with Crippen molar-refractivity contribution in [3.63, 3.8) is 0 Å². The lowest BCUT2D eigenvalue weighted by molar-refractivity contribution is 0.208. The van der Waals surface area contributed by atoms with Crippen molar-refractivity contribution in [1.82, 2.24) is 0 Å². The van der Waals surface area contributed by atoms with E-state index in [0.717, 1.165) is 0 Å². The summed E-state index contributed by atoms with van der Waals surface area (Å²) in [6.07, 6.45) is 0. The van der Waals surface area contributed by atoms with Crippen LogP contribution in [-0.4, -0.2) is 31.4 Å². The first-order chi connectivity index (χ1) is 5.16. The van der Waals surface area contributed by atoms with E-state index < -0.39 is 0 Å². The molecule has 0 fully saturated rings. The first-order valence-corrected chi connectivity index (χ1v) is 3.54. The quantitative estimate of drug-likeness (QED) is 0.297. The summed E-state index contributed by atoms with van der Waals surface area (Å²) >= 11 is 5.30. The minimum absolute atomic E-state index is 0.00340. The number of hydrogen-bond acceptors (Lipinski definition) is 2. The van der Waals surface area contributed by atoms with E-state index in [1.165, 1.54) is 0 Å². The smallest absolute Gasteiger partial charge is 0.194 e. The maximum Gasteiger partial charge on any atom is 0.194 e. The van der Waals surface area contributed by atoms with E-state index in [1.54, 1.807) is 14.0 Å². The van der Waals surface area contributed by atoms with Crippen LogP contribution in [0.4, 0.5) is 0 Å². The van der Waals surface area contributed by atoms with Crippen molar-refractivity contribution >= 4 is 22.7 Å². The van der Waals surface area contributed by atoms with E-state index in [-0.39, 0.29) is 5.29 Å². The number of nitrogens with two attached hydrogens (primary N) is 1. The monoisotopic (exact) mass is 177 g/mol. The number of aliphatic imine (C=N–C) groups is 2. The zero-order valence-corrected chi connectivity index (χ0v) is 7.43. The van der Waals surface area contributed by atoms with Gasteiger partial charge >= 0.3 is 0 Å². The molecule has 0 aliphatic heterocycles. The predicted octanol–water partition coefficient (Wildman–Crippen LogP) is 0.605. The summed E-state index contributed by atoms with van der Waals surface area (Å²) in [7, 11) is 1.62. The molecule has 0 saturated heterocycles. The Bertz CT molecular complexity index is 163. The van der Waals surface area contributed by atoms with Gasteiger partial charge in [0.2, 0.25) is 0 Å². The van der Waals surface area contributed by atoms with Crippen LogP contribution in [0.2, 0.25) is 0 Å². The number of halogens is 1. The van der Waals surface area contributed by atoms with Crippen LogP contribution in [0.3, 0.4) is 0 Å². The Balaban J connectivity index is 3.72. The van der Waals surface area contributed by atoms with Crippen LogP contribution in [-0.2, 0) is 4.74 Å². The zero-order valence-electron chi connectivity index (χ0n) is 6.67. The molecule has 0 aliphatic rings. The number of ether oxygens (including phenoxy) is 1. The lowest BCUT2D eigenvalue weighted by atomic mass is 10.6. The SMILES string of the molecule is COCCN=C(C)N=C(N)Cl. The molecule has 0 aromatic carbocycles. The Kier molecular flexibility index (Phi) is 5.78. The van der Waals surface area contributed by atoms with E-state index >= 15 is 0 Å². The lowest BCUT2D eigenvalue weighted by Crippen LogP contribution is -2.05. The molecule has 5 heteroatoms. The van der Waals surface area contributed by atoms with E-state index in [2.05, 4.69) is 9.98 Å². The molecule has 11 heavy (non-hydrogen) atoms. The van der Waals surface area contributed by atoms with Crippen molar-refractivity contribution in [3.05, 3.63) is 0 Å². The number of hydrogen-bond donors (Lipinski definition) is 1. The summed E-state index contributed by atoms with van der Waals surface area (Å²) in [6.45, 7) is 2.88. The van der Waals surface area contributed by atoms with Crippen LogP contribution in [0.15, 0.2) is 9.98 Å². The van der Waals surface area contributed by atoms with Gasteiger partial charge in [0.25, 0.3) is 0 Å². The van der Waals surface area contributed by atoms with E-state index in [4.69, 9.17) is 22.1 Å². The molecule has 0 aromatic rings. The molecular weight excluding hydrogens is 166 g/mol. The summed E-state index contributed by atoms with van der Waals surface area (Å²) in [5, 5.41) is 0.00340. The lowest BCUT2D eigenvalue weighted by Gasteiger charge is -1.93. The molecule has 64 valence electrons. The van der Waals surface area contributed by atoms with Crippen molar-refractivity contribution < 1.29 is 4.74 Å². The van der Waals surface area contributed by atoms with Gasteiger partial charge in [-0.05, 0) is 18.5 Å². The predicted molar refractivity (Wildman–Crippen MR) is 47.3 cm³/mol. The zero-order chi connectivity index (χ0) is 8.69. The van der Waals surface area contributed by atoms with Crippen molar-refractivity contribution in [1.29, 1.82) is 0 Å². The maximum absolute atomic E-state index is 5.30. The van der Waals surface area contributed by atoms with Gasteiger partial charge in [-0.1, -0.05) is 0 Å². The highest BCUT2D eigenvalue weighted by Gasteiger charge is 1.87. The van der Waals surface area contributed by atoms with Crippen LogP contribution < -0.4 is 5.73 Å². The molecule has 0 bridgehead atoms. The second-order valence-corrected chi connectivity index (χ2v) is 2.24. The summed E-state index contributed by atoms with van der Waals surface area (Å²) < 4.78 is 4.78. The molecule has 0 unspecified atom stereocenters. The van der Waals surface area contributed by atoms with Crippen LogP contribution in [0.1, 0.15) is 6.92 Å². The third-order valence-electron chi connectivity index (χ3n) is 0.905. The standard InChI is InChI=1S/C6H12ClN3O/c1-5(10-6(7)8)9-3-4-11-2/h3-4H2,1-2H3,(H2,8,9,10). The second-order valence-electron chi connectivity index (χ2n) is 1.86. The molecule has 0 aromatic heterocycles. The van der Waals surface area contributed by atoms with Gasteiger partial charge in [-0.3, -0.25) is 4.99 Å². The Morgan fingerprint density at radius 3 is 2.73 bits per heavy atom. The van der Waals surface area contributed by atoms with Crippen LogP contribution in [0.25, 0.3) is 0 Å². The normalized spacial score (nSPS) is 13.7. The Hall–Kier alpha value is -0.610. The fourth-order valence-electron chi connectivity index (χ4n) is 0.489. The molecule has 0 atom stereocenters. The second kappa shape index (κ2) is 6.12. The molecule has 0 saturated carbocycles. The average molecular weight is 178 g/mol. The molecule has 0 spiro atoms. The van der Waals surface area contributed by atoms with Gasteiger partial charge in [0.05, 0.1) is 13.2 Å². The van der Waals surface area contributed by atoms with Crippen molar-refractivity contribution in [3.8, 4) is 0 Å². The maximum atomic E-state index is 5.30. The van der Waals surface area contributed by atoms with Gasteiger partial charge in [0.1, 0.15) is 5.84 Å². The summed E-state index contributed by atoms with van der Waals surface area (Å²) in [5.41, 5.74) is 5.10. The number of methoxy groups -OCH3 is 1. The number of nitrogens with zero attached hydrogens (tertiary/aromatic N) is 2. The molecular formula is C6H12ClN3O. The summed E-state index contributed by atoms with van der Waals surface area (Å²) in [4.78, 5) is 7.70. The van der Waals surface area contributed by atoms with Crippen LogP contribution >= 0.6 is 11.6 Å².